The molecule has 2 unspecified atom stereocenters. The highest BCUT2D eigenvalue weighted by Gasteiger charge is 2.39. The Morgan fingerprint density at radius 2 is 1.70 bits per heavy atom. The minimum atomic E-state index is -2.19. The fraction of sp³-hybridized carbons (Fsp3) is 0.541. The molecule has 2 N–H and O–H groups in total. The molecule has 2 aromatic rings. The number of carbonyl (C=O) groups excluding carboxylic acids is 1. The lowest BCUT2D eigenvalue weighted by molar-refractivity contribution is -0.00848. The molecule has 0 aromatic heterocycles. The van der Waals surface area contributed by atoms with Crippen molar-refractivity contribution in [3.05, 3.63) is 89.2 Å². The summed E-state index contributed by atoms with van der Waals surface area (Å²) >= 11 is 0. The Bertz CT molecular complexity index is 1240. The number of benzene rings is 2. The summed E-state index contributed by atoms with van der Waals surface area (Å²) < 4.78 is 38.3. The van der Waals surface area contributed by atoms with Crippen LogP contribution in [0.15, 0.2) is 72.5 Å². The summed E-state index contributed by atoms with van der Waals surface area (Å²) in [4.78, 5) is 15.3. The van der Waals surface area contributed by atoms with Gasteiger partial charge in [0.2, 0.25) is 5.79 Å². The molecule has 2 atom stereocenters. The van der Waals surface area contributed by atoms with E-state index in [1.165, 1.54) is 0 Å². The van der Waals surface area contributed by atoms with Gasteiger partial charge in [-0.2, -0.15) is 0 Å². The quantitative estimate of drug-likeness (QED) is 0.0920. The number of hydrogen-bond acceptors (Lipinski definition) is 6. The van der Waals surface area contributed by atoms with Gasteiger partial charge in [-0.15, -0.1) is 0 Å². The van der Waals surface area contributed by atoms with Crippen LogP contribution in [-0.4, -0.2) is 55.5 Å². The third-order valence-electron chi connectivity index (χ3n) is 7.84. The standard InChI is InChI=1S/C37H53FN2O6/c1-6-7-8-9-12-23-40(26-29-16-20-32(21-17-29)46-28-44-25-24-43-5)35(42)39-37(38)22-11-10-13-33(37)45-27-30-14-18-31(19-15-30)34(41)36(2,3)4/h10-11,13-21,34,41H,6-9,12,22-28H2,1-5H3,(H,39,42). The van der Waals surface area contributed by atoms with Crippen molar-refractivity contribution in [3.8, 4) is 5.75 Å². The second kappa shape index (κ2) is 18.7. The fourth-order valence-corrected chi connectivity index (χ4v) is 4.98. The first kappa shape index (κ1) is 37.1. The van der Waals surface area contributed by atoms with Crippen LogP contribution in [0.3, 0.4) is 0 Å². The largest absolute Gasteiger partial charge is 0.488 e. The molecule has 1 aliphatic carbocycles. The Morgan fingerprint density at radius 3 is 2.37 bits per heavy atom. The van der Waals surface area contributed by atoms with Gasteiger partial charge in [0.1, 0.15) is 12.4 Å². The molecule has 254 valence electrons. The second-order valence-corrected chi connectivity index (χ2v) is 12.8. The number of halogens is 1. The van der Waals surface area contributed by atoms with Crippen molar-refractivity contribution in [2.24, 2.45) is 5.41 Å². The summed E-state index contributed by atoms with van der Waals surface area (Å²) in [6.45, 7) is 10.1. The molecule has 1 aliphatic rings. The van der Waals surface area contributed by atoms with E-state index >= 15 is 4.39 Å². The highest BCUT2D eigenvalue weighted by Crippen LogP contribution is 2.33. The van der Waals surface area contributed by atoms with Crippen molar-refractivity contribution in [3.63, 3.8) is 0 Å². The molecule has 0 spiro atoms. The number of amides is 2. The van der Waals surface area contributed by atoms with Crippen molar-refractivity contribution in [2.45, 2.75) is 91.3 Å². The van der Waals surface area contributed by atoms with Crippen molar-refractivity contribution < 1.29 is 33.2 Å². The molecule has 46 heavy (non-hydrogen) atoms. The average molecular weight is 641 g/mol. The zero-order valence-corrected chi connectivity index (χ0v) is 28.2. The number of nitrogens with one attached hydrogen (secondary N) is 1. The maximum Gasteiger partial charge on any atom is 0.320 e. The maximum absolute atomic E-state index is 16.5. The molecular formula is C37H53FN2O6. The van der Waals surface area contributed by atoms with E-state index in [4.69, 9.17) is 18.9 Å². The van der Waals surface area contributed by atoms with Gasteiger partial charge in [0.15, 0.2) is 12.6 Å². The number of methoxy groups -OCH3 is 1. The van der Waals surface area contributed by atoms with Gasteiger partial charge in [-0.05, 0) is 46.7 Å². The SMILES string of the molecule is CCCCCCCN(Cc1ccc(OCOCCOC)cc1)C(=O)NC1(F)CC=CC=C1OCc1ccc(C(O)C(C)(C)C)cc1. The summed E-state index contributed by atoms with van der Waals surface area (Å²) in [5, 5.41) is 13.2. The van der Waals surface area contributed by atoms with E-state index in [-0.39, 0.29) is 31.0 Å². The molecule has 0 bridgehead atoms. The van der Waals surface area contributed by atoms with Crippen molar-refractivity contribution >= 4 is 6.03 Å². The van der Waals surface area contributed by atoms with Gasteiger partial charge in [-0.3, -0.25) is 5.32 Å². The van der Waals surface area contributed by atoms with E-state index in [1.54, 1.807) is 30.2 Å². The third kappa shape index (κ3) is 12.1. The van der Waals surface area contributed by atoms with Crippen molar-refractivity contribution in [2.75, 3.05) is 33.7 Å². The number of urea groups is 1. The summed E-state index contributed by atoms with van der Waals surface area (Å²) in [7, 11) is 1.61. The summed E-state index contributed by atoms with van der Waals surface area (Å²) in [5.41, 5.74) is 2.26. The fourth-order valence-electron chi connectivity index (χ4n) is 4.98. The van der Waals surface area contributed by atoms with Crippen molar-refractivity contribution in [1.82, 2.24) is 10.2 Å². The zero-order valence-electron chi connectivity index (χ0n) is 28.2. The number of unbranched alkanes of at least 4 members (excludes halogenated alkanes) is 4. The van der Waals surface area contributed by atoms with Gasteiger partial charge in [0.05, 0.1) is 19.3 Å². The molecule has 8 nitrogen and oxygen atoms in total. The smallest absolute Gasteiger partial charge is 0.320 e. The van der Waals surface area contributed by atoms with E-state index in [2.05, 4.69) is 12.2 Å². The molecule has 3 rings (SSSR count). The van der Waals surface area contributed by atoms with Crippen LogP contribution in [0.25, 0.3) is 0 Å². The van der Waals surface area contributed by atoms with Crippen LogP contribution >= 0.6 is 0 Å². The molecule has 0 saturated carbocycles. The maximum atomic E-state index is 16.5. The number of carbonyl (C=O) groups is 1. The topological polar surface area (TPSA) is 89.5 Å². The highest BCUT2D eigenvalue weighted by molar-refractivity contribution is 5.75. The van der Waals surface area contributed by atoms with Crippen LogP contribution in [0.1, 0.15) is 89.0 Å². The number of ether oxygens (including phenoxy) is 4. The first-order valence-electron chi connectivity index (χ1n) is 16.4. The average Bonchev–Trinajstić information content (AvgIpc) is 3.03. The van der Waals surface area contributed by atoms with Gasteiger partial charge >= 0.3 is 6.03 Å². The minimum absolute atomic E-state index is 0.0376. The van der Waals surface area contributed by atoms with E-state index in [1.807, 2.05) is 69.3 Å². The Balaban J connectivity index is 1.64. The lowest BCUT2D eigenvalue weighted by Crippen LogP contribution is -2.52. The van der Waals surface area contributed by atoms with Crippen molar-refractivity contribution in [1.29, 1.82) is 0 Å². The van der Waals surface area contributed by atoms with E-state index < -0.39 is 17.9 Å². The molecule has 9 heteroatoms. The minimum Gasteiger partial charge on any atom is -0.488 e. The molecule has 2 amide bonds. The molecular weight excluding hydrogens is 587 g/mol. The molecule has 0 aliphatic heterocycles. The van der Waals surface area contributed by atoms with Crippen LogP contribution in [0.5, 0.6) is 5.75 Å². The van der Waals surface area contributed by atoms with Gasteiger partial charge < -0.3 is 29.0 Å². The second-order valence-electron chi connectivity index (χ2n) is 12.8. The Labute approximate surface area is 274 Å². The number of nitrogens with zero attached hydrogens (tertiary/aromatic N) is 1. The predicted molar refractivity (Wildman–Crippen MR) is 179 cm³/mol. The van der Waals surface area contributed by atoms with E-state index in [9.17, 15) is 9.90 Å². The molecule has 0 radical (unpaired) electrons. The van der Waals surface area contributed by atoms with Gasteiger partial charge in [0, 0.05) is 26.6 Å². The number of hydrogen-bond donors (Lipinski definition) is 2. The van der Waals surface area contributed by atoms with E-state index in [0.29, 0.717) is 32.1 Å². The summed E-state index contributed by atoms with van der Waals surface area (Å²) in [5.74, 6) is -1.48. The Kier molecular flexibility index (Phi) is 15.0. The first-order chi connectivity index (χ1) is 22.1. The van der Waals surface area contributed by atoms with Crippen LogP contribution in [0, 0.1) is 5.41 Å². The van der Waals surface area contributed by atoms with Crippen LogP contribution in [-0.2, 0) is 27.4 Å². The van der Waals surface area contributed by atoms with Crippen LogP contribution in [0.4, 0.5) is 9.18 Å². The predicted octanol–water partition coefficient (Wildman–Crippen LogP) is 7.97. The summed E-state index contributed by atoms with van der Waals surface area (Å²) in [6.07, 6.45) is 9.54. The van der Waals surface area contributed by atoms with Gasteiger partial charge in [-0.25, -0.2) is 9.18 Å². The van der Waals surface area contributed by atoms with Crippen LogP contribution < -0.4 is 10.1 Å². The highest BCUT2D eigenvalue weighted by atomic mass is 19.1. The molecule has 0 saturated heterocycles. The number of allylic oxidation sites excluding steroid dienone is 2. The lowest BCUT2D eigenvalue weighted by Gasteiger charge is -2.33. The summed E-state index contributed by atoms with van der Waals surface area (Å²) in [6, 6.07) is 14.4. The van der Waals surface area contributed by atoms with Gasteiger partial charge in [0.25, 0.3) is 0 Å². The Morgan fingerprint density at radius 1 is 1.00 bits per heavy atom. The molecule has 2 aromatic carbocycles. The Hall–Kier alpha value is -3.40. The molecule has 0 fully saturated rings. The monoisotopic (exact) mass is 640 g/mol. The van der Waals surface area contributed by atoms with Crippen LogP contribution in [0.2, 0.25) is 0 Å². The number of rotatable bonds is 19. The number of aliphatic hydroxyl groups excluding tert-OH is 1. The van der Waals surface area contributed by atoms with E-state index in [0.717, 1.165) is 48.8 Å². The number of alkyl halides is 1. The normalized spacial score (nSPS) is 16.9. The zero-order chi connectivity index (χ0) is 33.4. The lowest BCUT2D eigenvalue weighted by atomic mass is 9.85. The van der Waals surface area contributed by atoms with Gasteiger partial charge in [-0.1, -0.05) is 102 Å². The third-order valence-corrected chi connectivity index (χ3v) is 7.84. The first-order valence-corrected chi connectivity index (χ1v) is 16.4. The number of aliphatic hydroxyl groups is 1. The molecule has 0 heterocycles.